The van der Waals surface area contributed by atoms with E-state index in [2.05, 4.69) is 138 Å². The Morgan fingerprint density at radius 1 is 0.647 bits per heavy atom. The van der Waals surface area contributed by atoms with Gasteiger partial charge < -0.3 is 0 Å². The molecule has 34 heavy (non-hydrogen) atoms. The van der Waals surface area contributed by atoms with E-state index in [4.69, 9.17) is 4.98 Å². The van der Waals surface area contributed by atoms with E-state index in [9.17, 15) is 0 Å². The molecule has 1 atom stereocenters. The molecule has 1 aromatic heterocycles. The topological polar surface area (TPSA) is 12.9 Å². The van der Waals surface area contributed by atoms with Gasteiger partial charge in [0, 0.05) is 22.2 Å². The summed E-state index contributed by atoms with van der Waals surface area (Å²) in [7, 11) is 0. The lowest BCUT2D eigenvalue weighted by atomic mass is 9.85. The number of pyridine rings is 1. The highest BCUT2D eigenvalue weighted by molar-refractivity contribution is 9.10. The molecule has 0 saturated carbocycles. The molecule has 0 N–H and O–H groups in total. The Hall–Kier alpha value is -3.49. The van der Waals surface area contributed by atoms with E-state index in [0.29, 0.717) is 0 Å². The first-order valence-corrected chi connectivity index (χ1v) is 12.4. The van der Waals surface area contributed by atoms with E-state index >= 15 is 0 Å². The molecule has 0 spiro atoms. The number of benzene rings is 4. The fraction of sp³-hybridized carbons (Fsp3) is 0.0938. The minimum Gasteiger partial charge on any atom is -0.256 e. The van der Waals surface area contributed by atoms with Gasteiger partial charge >= 0.3 is 0 Å². The molecular weight excluding hydrogens is 478 g/mol. The molecule has 0 fully saturated rings. The van der Waals surface area contributed by atoms with Crippen molar-refractivity contribution in [3.63, 3.8) is 0 Å². The molecule has 0 bridgehead atoms. The zero-order valence-corrected chi connectivity index (χ0v) is 20.7. The van der Waals surface area contributed by atoms with Crippen molar-refractivity contribution in [2.24, 2.45) is 0 Å². The zero-order chi connectivity index (χ0) is 23.3. The normalized spacial score (nSPS) is 11.8. The minimum absolute atomic E-state index is 0.246. The predicted molar refractivity (Wildman–Crippen MR) is 146 cm³/mol. The molecule has 0 aliphatic heterocycles. The number of hydrogen-bond acceptors (Lipinski definition) is 1. The molecule has 166 valence electrons. The van der Waals surface area contributed by atoms with Gasteiger partial charge in [0.15, 0.2) is 0 Å². The highest BCUT2D eigenvalue weighted by atomic mass is 79.9. The van der Waals surface area contributed by atoms with Crippen LogP contribution < -0.4 is 0 Å². The van der Waals surface area contributed by atoms with Gasteiger partial charge in [-0.3, -0.25) is 4.98 Å². The van der Waals surface area contributed by atoms with Gasteiger partial charge in [-0.25, -0.2) is 0 Å². The molecule has 1 heterocycles. The van der Waals surface area contributed by atoms with Crippen molar-refractivity contribution in [2.45, 2.75) is 19.3 Å². The van der Waals surface area contributed by atoms with E-state index in [-0.39, 0.29) is 5.92 Å². The lowest BCUT2D eigenvalue weighted by Crippen LogP contribution is -2.07. The molecule has 1 unspecified atom stereocenters. The molecule has 0 saturated heterocycles. The maximum atomic E-state index is 4.89. The van der Waals surface area contributed by atoms with E-state index < -0.39 is 0 Å². The Labute approximate surface area is 210 Å². The first-order valence-electron chi connectivity index (χ1n) is 11.6. The fourth-order valence-corrected chi connectivity index (χ4v) is 4.77. The van der Waals surface area contributed by atoms with Crippen molar-refractivity contribution in [2.75, 3.05) is 0 Å². The Kier molecular flexibility index (Phi) is 6.69. The predicted octanol–water partition coefficient (Wildman–Crippen LogP) is 8.86. The lowest BCUT2D eigenvalue weighted by molar-refractivity contribution is 0.798. The molecule has 0 radical (unpaired) electrons. The van der Waals surface area contributed by atoms with Crippen LogP contribution in [0.2, 0.25) is 0 Å². The van der Waals surface area contributed by atoms with E-state index in [1.807, 2.05) is 6.07 Å². The monoisotopic (exact) mass is 503 g/mol. The Bertz CT molecular complexity index is 1360. The minimum atomic E-state index is 0.246. The summed E-state index contributed by atoms with van der Waals surface area (Å²) < 4.78 is 1.10. The largest absolute Gasteiger partial charge is 0.256 e. The quantitative estimate of drug-likeness (QED) is 0.225. The zero-order valence-electron chi connectivity index (χ0n) is 19.2. The van der Waals surface area contributed by atoms with Crippen LogP contribution in [-0.4, -0.2) is 4.98 Å². The highest BCUT2D eigenvalue weighted by Crippen LogP contribution is 2.32. The molecule has 2 heteroatoms. The van der Waals surface area contributed by atoms with Crippen LogP contribution in [0.1, 0.15) is 28.2 Å². The van der Waals surface area contributed by atoms with Crippen LogP contribution in [-0.2, 0) is 6.42 Å². The summed E-state index contributed by atoms with van der Waals surface area (Å²) in [5.74, 6) is 0.246. The van der Waals surface area contributed by atoms with Gasteiger partial charge in [0.25, 0.3) is 0 Å². The Morgan fingerprint density at radius 3 is 1.85 bits per heavy atom. The summed E-state index contributed by atoms with van der Waals surface area (Å²) in [4.78, 5) is 4.89. The Morgan fingerprint density at radius 2 is 1.24 bits per heavy atom. The summed E-state index contributed by atoms with van der Waals surface area (Å²) in [5.41, 5.74) is 9.76. The molecule has 0 aliphatic carbocycles. The highest BCUT2D eigenvalue weighted by Gasteiger charge is 2.17. The number of hydrogen-bond donors (Lipinski definition) is 0. The lowest BCUT2D eigenvalue weighted by Gasteiger charge is -2.20. The molecule has 1 nitrogen and oxygen atoms in total. The van der Waals surface area contributed by atoms with Crippen molar-refractivity contribution in [1.29, 1.82) is 0 Å². The third-order valence-corrected chi connectivity index (χ3v) is 6.85. The van der Waals surface area contributed by atoms with E-state index in [1.165, 1.54) is 33.4 Å². The van der Waals surface area contributed by atoms with Crippen LogP contribution in [0.15, 0.2) is 126 Å². The molecule has 0 aliphatic rings. The standard InChI is InChI=1S/C32H26BrN/c1-23-20-29(22-34-32(23)28-10-6-3-7-11-28)31(27-8-4-2-5-9-27)21-24-12-14-25(15-13-24)26-16-18-30(33)19-17-26/h2-20,22,31H,21H2,1H3. The summed E-state index contributed by atoms with van der Waals surface area (Å²) in [5, 5.41) is 0. The van der Waals surface area contributed by atoms with Crippen molar-refractivity contribution in [1.82, 2.24) is 4.98 Å². The second-order valence-electron chi connectivity index (χ2n) is 8.67. The fourth-order valence-electron chi connectivity index (χ4n) is 4.51. The van der Waals surface area contributed by atoms with Gasteiger partial charge in [-0.1, -0.05) is 119 Å². The van der Waals surface area contributed by atoms with Crippen molar-refractivity contribution < 1.29 is 0 Å². The van der Waals surface area contributed by atoms with Crippen molar-refractivity contribution in [3.05, 3.63) is 148 Å². The van der Waals surface area contributed by atoms with Gasteiger partial charge in [-0.2, -0.15) is 0 Å². The van der Waals surface area contributed by atoms with Crippen molar-refractivity contribution >= 4 is 15.9 Å². The van der Waals surface area contributed by atoms with Gasteiger partial charge in [0.1, 0.15) is 0 Å². The summed E-state index contributed by atoms with van der Waals surface area (Å²) in [6.45, 7) is 2.16. The molecule has 5 rings (SSSR count). The third-order valence-electron chi connectivity index (χ3n) is 6.32. The van der Waals surface area contributed by atoms with Crippen LogP contribution in [0.5, 0.6) is 0 Å². The van der Waals surface area contributed by atoms with Crippen LogP contribution in [0.25, 0.3) is 22.4 Å². The van der Waals surface area contributed by atoms with Gasteiger partial charge in [-0.05, 0) is 58.9 Å². The van der Waals surface area contributed by atoms with Crippen LogP contribution in [0.3, 0.4) is 0 Å². The second kappa shape index (κ2) is 10.2. The summed E-state index contributed by atoms with van der Waals surface area (Å²) in [6, 6.07) is 40.9. The van der Waals surface area contributed by atoms with E-state index in [1.54, 1.807) is 0 Å². The number of aromatic nitrogens is 1. The van der Waals surface area contributed by atoms with E-state index in [0.717, 1.165) is 22.2 Å². The number of nitrogens with zero attached hydrogens (tertiary/aromatic N) is 1. The average molecular weight is 504 g/mol. The second-order valence-corrected chi connectivity index (χ2v) is 9.59. The van der Waals surface area contributed by atoms with Gasteiger partial charge in [0.05, 0.1) is 5.69 Å². The third kappa shape index (κ3) is 5.03. The first-order chi connectivity index (χ1) is 16.7. The number of rotatable bonds is 6. The maximum Gasteiger partial charge on any atom is 0.0731 e. The molecule has 0 amide bonds. The van der Waals surface area contributed by atoms with Crippen LogP contribution >= 0.6 is 15.9 Å². The number of aryl methyl sites for hydroxylation is 1. The average Bonchev–Trinajstić information content (AvgIpc) is 2.89. The SMILES string of the molecule is Cc1cc(C(Cc2ccc(-c3ccc(Br)cc3)cc2)c2ccccc2)cnc1-c1ccccc1. The van der Waals surface area contributed by atoms with Gasteiger partial charge in [0.2, 0.25) is 0 Å². The summed E-state index contributed by atoms with van der Waals surface area (Å²) >= 11 is 3.52. The molecule has 5 aromatic rings. The number of halogens is 1. The molecule has 4 aromatic carbocycles. The van der Waals surface area contributed by atoms with Crippen LogP contribution in [0, 0.1) is 6.92 Å². The maximum absolute atomic E-state index is 4.89. The Balaban J connectivity index is 1.45. The summed E-state index contributed by atoms with van der Waals surface area (Å²) in [6.07, 6.45) is 2.99. The molecular formula is C32H26BrN. The smallest absolute Gasteiger partial charge is 0.0731 e. The van der Waals surface area contributed by atoms with Crippen molar-refractivity contribution in [3.8, 4) is 22.4 Å². The first kappa shape index (κ1) is 22.3. The van der Waals surface area contributed by atoms with Gasteiger partial charge in [-0.15, -0.1) is 0 Å². The van der Waals surface area contributed by atoms with Crippen LogP contribution in [0.4, 0.5) is 0 Å².